The second kappa shape index (κ2) is 13.0. The topological polar surface area (TPSA) is 84.5 Å². The Bertz CT molecular complexity index is 1020. The maximum absolute atomic E-state index is 13.1. The summed E-state index contributed by atoms with van der Waals surface area (Å²) in [4.78, 5) is 39.9. The Morgan fingerprint density at radius 3 is 2.68 bits per heavy atom. The lowest BCUT2D eigenvalue weighted by molar-refractivity contribution is -0.116. The van der Waals surface area contributed by atoms with Crippen LogP contribution in [0.2, 0.25) is 0 Å². The number of nitrogens with one attached hydrogen (secondary N) is 2. The molecular formula is C26H34N2O4S2. The smallest absolute Gasteiger partial charge is 0.341 e. The maximum Gasteiger partial charge on any atom is 0.341 e. The normalized spacial score (nSPS) is 14.0. The number of esters is 1. The highest BCUT2D eigenvalue weighted by Crippen LogP contribution is 2.38. The average molecular weight is 503 g/mol. The SMILES string of the molecule is CCCCC(=O)Nc1cccc(SC(C)C(=O)Nc2sc3c(c2C(=O)OCC)CCCCC3)c1. The third-order valence-corrected chi connectivity index (χ3v) is 8.00. The summed E-state index contributed by atoms with van der Waals surface area (Å²) in [7, 11) is 0. The number of aryl methyl sites for hydroxylation is 1. The van der Waals surface area contributed by atoms with E-state index in [9.17, 15) is 14.4 Å². The van der Waals surface area contributed by atoms with Gasteiger partial charge >= 0.3 is 5.97 Å². The van der Waals surface area contributed by atoms with Crippen molar-refractivity contribution in [3.63, 3.8) is 0 Å². The molecule has 0 saturated heterocycles. The molecule has 0 fully saturated rings. The van der Waals surface area contributed by atoms with Gasteiger partial charge in [0.1, 0.15) is 5.00 Å². The van der Waals surface area contributed by atoms with Crippen LogP contribution in [0.25, 0.3) is 0 Å². The van der Waals surface area contributed by atoms with Crippen molar-refractivity contribution >= 4 is 51.6 Å². The van der Waals surface area contributed by atoms with E-state index in [2.05, 4.69) is 17.6 Å². The molecule has 0 spiro atoms. The fourth-order valence-electron chi connectivity index (χ4n) is 3.93. The summed E-state index contributed by atoms with van der Waals surface area (Å²) >= 11 is 2.93. The molecule has 2 amide bonds. The Hall–Kier alpha value is -2.32. The first-order chi connectivity index (χ1) is 16.4. The van der Waals surface area contributed by atoms with Gasteiger partial charge in [0, 0.05) is 21.9 Å². The van der Waals surface area contributed by atoms with Crippen LogP contribution in [0.15, 0.2) is 29.2 Å². The van der Waals surface area contributed by atoms with Gasteiger partial charge in [0.2, 0.25) is 11.8 Å². The van der Waals surface area contributed by atoms with Gasteiger partial charge in [-0.15, -0.1) is 23.1 Å². The molecule has 3 rings (SSSR count). The molecule has 34 heavy (non-hydrogen) atoms. The molecule has 1 heterocycles. The van der Waals surface area contributed by atoms with Gasteiger partial charge in [-0.05, 0) is 69.7 Å². The van der Waals surface area contributed by atoms with Crippen LogP contribution in [0, 0.1) is 0 Å². The first kappa shape index (κ1) is 26.3. The number of hydrogen-bond donors (Lipinski definition) is 2. The van der Waals surface area contributed by atoms with E-state index in [-0.39, 0.29) is 23.0 Å². The minimum atomic E-state index is -0.386. The molecule has 1 aliphatic rings. The van der Waals surface area contributed by atoms with Gasteiger partial charge in [-0.3, -0.25) is 9.59 Å². The van der Waals surface area contributed by atoms with E-state index in [1.165, 1.54) is 28.0 Å². The molecular weight excluding hydrogens is 468 g/mol. The monoisotopic (exact) mass is 502 g/mol. The molecule has 6 nitrogen and oxygen atoms in total. The minimum Gasteiger partial charge on any atom is -0.462 e. The van der Waals surface area contributed by atoms with E-state index in [1.54, 1.807) is 6.92 Å². The Balaban J connectivity index is 1.70. The highest BCUT2D eigenvalue weighted by atomic mass is 32.2. The van der Waals surface area contributed by atoms with Crippen LogP contribution in [0.1, 0.15) is 80.1 Å². The van der Waals surface area contributed by atoms with Gasteiger partial charge in [0.05, 0.1) is 17.4 Å². The van der Waals surface area contributed by atoms with Crippen molar-refractivity contribution in [3.8, 4) is 0 Å². The van der Waals surface area contributed by atoms with Crippen LogP contribution in [-0.4, -0.2) is 29.6 Å². The van der Waals surface area contributed by atoms with Crippen LogP contribution in [-0.2, 0) is 27.2 Å². The lowest BCUT2D eigenvalue weighted by atomic mass is 10.1. The van der Waals surface area contributed by atoms with Gasteiger partial charge in [-0.25, -0.2) is 4.79 Å². The number of unbranched alkanes of at least 4 members (excludes halogenated alkanes) is 1. The molecule has 2 N–H and O–H groups in total. The van der Waals surface area contributed by atoms with E-state index in [0.717, 1.165) is 61.1 Å². The molecule has 0 bridgehead atoms. The number of hydrogen-bond acceptors (Lipinski definition) is 6. The van der Waals surface area contributed by atoms with Crippen LogP contribution in [0.4, 0.5) is 10.7 Å². The number of carbonyl (C=O) groups excluding carboxylic acids is 3. The summed E-state index contributed by atoms with van der Waals surface area (Å²) < 4.78 is 5.32. The van der Waals surface area contributed by atoms with Gasteiger partial charge in [0.25, 0.3) is 0 Å². The first-order valence-corrected chi connectivity index (χ1v) is 13.8. The van der Waals surface area contributed by atoms with Gasteiger partial charge in [-0.1, -0.05) is 25.8 Å². The molecule has 1 aliphatic carbocycles. The number of rotatable bonds is 10. The predicted molar refractivity (Wildman–Crippen MR) is 140 cm³/mol. The number of ether oxygens (including phenoxy) is 1. The standard InChI is InChI=1S/C26H34N2O4S2/c1-4-6-15-22(29)27-18-11-10-12-19(16-18)33-17(3)24(30)28-25-23(26(31)32-5-2)20-13-8-7-9-14-21(20)34-25/h10-12,16-17H,4-9,13-15H2,1-3H3,(H,27,29)(H,28,30). The van der Waals surface area contributed by atoms with Crippen molar-refractivity contribution in [1.29, 1.82) is 0 Å². The maximum atomic E-state index is 13.1. The second-order valence-corrected chi connectivity index (χ2v) is 10.9. The number of fused-ring (bicyclic) bond motifs is 1. The average Bonchev–Trinajstić information content (AvgIpc) is 2.98. The quantitative estimate of drug-likeness (QED) is 0.222. The van der Waals surface area contributed by atoms with Crippen LogP contribution in [0.5, 0.6) is 0 Å². The van der Waals surface area contributed by atoms with Gasteiger partial charge < -0.3 is 15.4 Å². The van der Waals surface area contributed by atoms with E-state index in [1.807, 2.05) is 31.2 Å². The van der Waals surface area contributed by atoms with Crippen molar-refractivity contribution < 1.29 is 19.1 Å². The molecule has 184 valence electrons. The van der Waals surface area contributed by atoms with E-state index in [4.69, 9.17) is 4.74 Å². The highest BCUT2D eigenvalue weighted by molar-refractivity contribution is 8.00. The van der Waals surface area contributed by atoms with Crippen molar-refractivity contribution in [2.24, 2.45) is 0 Å². The third kappa shape index (κ3) is 7.09. The summed E-state index contributed by atoms with van der Waals surface area (Å²) in [6, 6.07) is 7.53. The van der Waals surface area contributed by atoms with Crippen LogP contribution in [0.3, 0.4) is 0 Å². The molecule has 1 aromatic heterocycles. The summed E-state index contributed by atoms with van der Waals surface area (Å²) in [5.74, 6) is -0.521. The third-order valence-electron chi connectivity index (χ3n) is 5.69. The summed E-state index contributed by atoms with van der Waals surface area (Å²) in [6.07, 6.45) is 7.40. The predicted octanol–water partition coefficient (Wildman–Crippen LogP) is 6.44. The summed E-state index contributed by atoms with van der Waals surface area (Å²) in [5.41, 5.74) is 2.31. The van der Waals surface area contributed by atoms with Crippen LogP contribution < -0.4 is 10.6 Å². The zero-order valence-electron chi connectivity index (χ0n) is 20.2. The van der Waals surface area contributed by atoms with Crippen LogP contribution >= 0.6 is 23.1 Å². The van der Waals surface area contributed by atoms with Gasteiger partial charge in [-0.2, -0.15) is 0 Å². The van der Waals surface area contributed by atoms with Gasteiger partial charge in [0.15, 0.2) is 0 Å². The number of amides is 2. The van der Waals surface area contributed by atoms with Crippen molar-refractivity contribution in [2.75, 3.05) is 17.2 Å². The molecule has 1 atom stereocenters. The number of benzene rings is 1. The van der Waals surface area contributed by atoms with Crippen molar-refractivity contribution in [1.82, 2.24) is 0 Å². The number of thiophene rings is 1. The highest BCUT2D eigenvalue weighted by Gasteiger charge is 2.27. The summed E-state index contributed by atoms with van der Waals surface area (Å²) in [6.45, 7) is 5.99. The largest absolute Gasteiger partial charge is 0.462 e. The molecule has 1 unspecified atom stereocenters. The van der Waals surface area contributed by atoms with Crippen molar-refractivity contribution in [2.45, 2.75) is 82.3 Å². The van der Waals surface area contributed by atoms with E-state index >= 15 is 0 Å². The Kier molecular flexibility index (Phi) is 10.0. The molecule has 2 aromatic rings. The van der Waals surface area contributed by atoms with Crippen molar-refractivity contribution in [3.05, 3.63) is 40.3 Å². The number of anilines is 2. The lowest BCUT2D eigenvalue weighted by Crippen LogP contribution is -2.23. The zero-order valence-corrected chi connectivity index (χ0v) is 21.8. The Morgan fingerprint density at radius 1 is 1.12 bits per heavy atom. The molecule has 0 aliphatic heterocycles. The zero-order chi connectivity index (χ0) is 24.5. The minimum absolute atomic E-state index is 0.00116. The second-order valence-electron chi connectivity index (χ2n) is 8.42. The lowest BCUT2D eigenvalue weighted by Gasteiger charge is -2.13. The molecule has 1 aromatic carbocycles. The Morgan fingerprint density at radius 2 is 1.91 bits per heavy atom. The fraction of sp³-hybridized carbons (Fsp3) is 0.500. The Labute approximate surface area is 210 Å². The van der Waals surface area contributed by atoms with E-state index < -0.39 is 0 Å². The number of carbonyl (C=O) groups is 3. The number of thioether (sulfide) groups is 1. The molecule has 8 heteroatoms. The fourth-order valence-corrected chi connectivity index (χ4v) is 6.14. The molecule has 0 saturated carbocycles. The first-order valence-electron chi connectivity index (χ1n) is 12.1. The molecule has 0 radical (unpaired) electrons. The van der Waals surface area contributed by atoms with E-state index in [0.29, 0.717) is 23.6 Å². The summed E-state index contributed by atoms with van der Waals surface area (Å²) in [5, 5.41) is 6.14.